The molecule has 1 heterocycles. The molecule has 0 aliphatic carbocycles. The van der Waals surface area contributed by atoms with Gasteiger partial charge in [-0.25, -0.2) is 4.79 Å². The molecular weight excluding hydrogens is 520 g/mol. The molecule has 4 aromatic rings. The Morgan fingerprint density at radius 3 is 2.20 bits per heavy atom. The molecule has 0 spiro atoms. The van der Waals surface area contributed by atoms with E-state index in [0.717, 1.165) is 5.56 Å². The zero-order valence-electron chi connectivity index (χ0n) is 19.3. The Bertz CT molecular complexity index is 1460. The molecular formula is C26H21BrO8. The zero-order valence-corrected chi connectivity index (χ0v) is 20.9. The van der Waals surface area contributed by atoms with E-state index in [0.29, 0.717) is 21.7 Å². The van der Waals surface area contributed by atoms with Crippen LogP contribution in [0.2, 0.25) is 0 Å². The largest absolute Gasteiger partial charge is 0.493 e. The lowest BCUT2D eigenvalue weighted by Crippen LogP contribution is -2.11. The number of fused-ring (bicyclic) bond motifs is 1. The Labute approximate surface area is 209 Å². The van der Waals surface area contributed by atoms with Crippen LogP contribution in [0.1, 0.15) is 15.9 Å². The second-order valence-electron chi connectivity index (χ2n) is 7.40. The molecule has 0 fully saturated rings. The molecule has 0 saturated carbocycles. The minimum Gasteiger partial charge on any atom is -0.493 e. The highest BCUT2D eigenvalue weighted by Crippen LogP contribution is 2.45. The van der Waals surface area contributed by atoms with Crippen molar-refractivity contribution in [3.8, 4) is 34.5 Å². The van der Waals surface area contributed by atoms with Crippen LogP contribution in [0.3, 0.4) is 0 Å². The van der Waals surface area contributed by atoms with Gasteiger partial charge in [0.15, 0.2) is 11.5 Å². The summed E-state index contributed by atoms with van der Waals surface area (Å²) in [5.74, 6) is 0.968. The minimum atomic E-state index is -0.683. The fourth-order valence-corrected chi connectivity index (χ4v) is 4.01. The number of hydrogen-bond donors (Lipinski definition) is 0. The lowest BCUT2D eigenvalue weighted by atomic mass is 10.1. The first-order valence-corrected chi connectivity index (χ1v) is 11.2. The molecule has 0 amide bonds. The summed E-state index contributed by atoms with van der Waals surface area (Å²) in [5.41, 5.74) is 1.11. The lowest BCUT2D eigenvalue weighted by Gasteiger charge is -2.16. The molecule has 0 aliphatic heterocycles. The molecule has 0 bridgehead atoms. The van der Waals surface area contributed by atoms with Crippen molar-refractivity contribution in [3.63, 3.8) is 0 Å². The predicted molar refractivity (Wildman–Crippen MR) is 132 cm³/mol. The third kappa shape index (κ3) is 4.81. The van der Waals surface area contributed by atoms with Crippen molar-refractivity contribution < 1.29 is 32.9 Å². The van der Waals surface area contributed by atoms with Crippen LogP contribution in [0, 0.1) is 6.92 Å². The molecule has 35 heavy (non-hydrogen) atoms. The van der Waals surface area contributed by atoms with Crippen LogP contribution in [-0.4, -0.2) is 27.3 Å². The van der Waals surface area contributed by atoms with E-state index >= 15 is 0 Å². The van der Waals surface area contributed by atoms with Gasteiger partial charge in [-0.15, -0.1) is 0 Å². The summed E-state index contributed by atoms with van der Waals surface area (Å²) < 4.78 is 33.1. The number of methoxy groups -OCH3 is 3. The van der Waals surface area contributed by atoms with Crippen LogP contribution >= 0.6 is 15.9 Å². The van der Waals surface area contributed by atoms with E-state index in [4.69, 9.17) is 28.1 Å². The molecule has 9 heteroatoms. The highest BCUT2D eigenvalue weighted by Gasteiger charge is 2.24. The molecule has 0 aliphatic rings. The summed E-state index contributed by atoms with van der Waals surface area (Å²) in [5, 5.41) is 0.281. The van der Waals surface area contributed by atoms with Crippen molar-refractivity contribution >= 4 is 32.9 Å². The van der Waals surface area contributed by atoms with Crippen LogP contribution in [0.5, 0.6) is 34.5 Å². The molecule has 0 radical (unpaired) electrons. The van der Waals surface area contributed by atoms with E-state index in [-0.39, 0.29) is 39.2 Å². The number of hydrogen-bond acceptors (Lipinski definition) is 8. The molecule has 1 aromatic heterocycles. The summed E-state index contributed by atoms with van der Waals surface area (Å²) in [7, 11) is 4.35. The van der Waals surface area contributed by atoms with Gasteiger partial charge < -0.3 is 28.1 Å². The summed E-state index contributed by atoms with van der Waals surface area (Å²) in [6.45, 7) is 1.96. The maximum atomic E-state index is 12.9. The van der Waals surface area contributed by atoms with E-state index in [1.54, 1.807) is 12.1 Å². The second-order valence-corrected chi connectivity index (χ2v) is 8.19. The number of carbonyl (C=O) groups is 1. The molecule has 0 saturated heterocycles. The van der Waals surface area contributed by atoms with Gasteiger partial charge in [0.25, 0.3) is 0 Å². The smallest absolute Gasteiger partial charge is 0.344 e. The SMILES string of the molecule is COc1cc(C(=O)Oc2ccc3c(=O)c(Oc4ccc(C)cc4)coc3c2)c(Br)c(OC)c1OC. The molecule has 4 rings (SSSR count). The van der Waals surface area contributed by atoms with E-state index in [1.165, 1.54) is 51.9 Å². The molecule has 8 nitrogen and oxygen atoms in total. The molecule has 3 aromatic carbocycles. The van der Waals surface area contributed by atoms with Crippen molar-refractivity contribution in [2.45, 2.75) is 6.92 Å². The summed E-state index contributed by atoms with van der Waals surface area (Å²) in [6, 6.07) is 13.2. The van der Waals surface area contributed by atoms with E-state index < -0.39 is 5.97 Å². The maximum Gasteiger partial charge on any atom is 0.344 e. The van der Waals surface area contributed by atoms with Crippen LogP contribution in [-0.2, 0) is 0 Å². The molecule has 0 unspecified atom stereocenters. The highest BCUT2D eigenvalue weighted by molar-refractivity contribution is 9.10. The fourth-order valence-electron chi connectivity index (χ4n) is 3.39. The fraction of sp³-hybridized carbons (Fsp3) is 0.154. The number of benzene rings is 3. The van der Waals surface area contributed by atoms with Crippen LogP contribution in [0.25, 0.3) is 11.0 Å². The second kappa shape index (κ2) is 10.1. The van der Waals surface area contributed by atoms with Gasteiger partial charge in [0.2, 0.25) is 16.9 Å². The van der Waals surface area contributed by atoms with Crippen molar-refractivity contribution in [1.82, 2.24) is 0 Å². The number of aryl methyl sites for hydroxylation is 1. The van der Waals surface area contributed by atoms with Gasteiger partial charge in [0.1, 0.15) is 23.3 Å². The number of esters is 1. The van der Waals surface area contributed by atoms with Gasteiger partial charge in [-0.2, -0.15) is 0 Å². The maximum absolute atomic E-state index is 12.9. The van der Waals surface area contributed by atoms with Crippen LogP contribution in [0.4, 0.5) is 0 Å². The van der Waals surface area contributed by atoms with Gasteiger partial charge in [0, 0.05) is 6.07 Å². The monoisotopic (exact) mass is 540 g/mol. The third-order valence-electron chi connectivity index (χ3n) is 5.16. The standard InChI is InChI=1S/C26H21BrO8/c1-14-5-7-15(8-6-14)34-21-13-33-19-11-16(9-10-17(19)23(21)28)35-26(29)18-12-20(30-2)24(31-3)25(32-4)22(18)27/h5-13H,1-4H3. The first-order valence-electron chi connectivity index (χ1n) is 10.4. The lowest BCUT2D eigenvalue weighted by molar-refractivity contribution is 0.0733. The van der Waals surface area contributed by atoms with Crippen molar-refractivity contribution in [3.05, 3.63) is 80.6 Å². The van der Waals surface area contributed by atoms with Gasteiger partial charge in [-0.05, 0) is 53.2 Å². The molecule has 180 valence electrons. The Morgan fingerprint density at radius 1 is 0.857 bits per heavy atom. The van der Waals surface area contributed by atoms with Crippen molar-refractivity contribution in [1.29, 1.82) is 0 Å². The normalized spacial score (nSPS) is 10.7. The Kier molecular flexibility index (Phi) is 6.97. The minimum absolute atomic E-state index is 0.0486. The Hall–Kier alpha value is -3.98. The van der Waals surface area contributed by atoms with Gasteiger partial charge in [0.05, 0.1) is 36.8 Å². The van der Waals surface area contributed by atoms with Gasteiger partial charge in [-0.1, -0.05) is 17.7 Å². The summed E-state index contributed by atoms with van der Waals surface area (Å²) in [6.07, 6.45) is 1.23. The topological polar surface area (TPSA) is 93.4 Å². The third-order valence-corrected chi connectivity index (χ3v) is 5.95. The van der Waals surface area contributed by atoms with Crippen LogP contribution in [0.15, 0.2) is 68.5 Å². The average Bonchev–Trinajstić information content (AvgIpc) is 2.86. The van der Waals surface area contributed by atoms with E-state index in [2.05, 4.69) is 15.9 Å². The van der Waals surface area contributed by atoms with Gasteiger partial charge >= 0.3 is 5.97 Å². The highest BCUT2D eigenvalue weighted by atomic mass is 79.9. The first kappa shape index (κ1) is 24.2. The summed E-state index contributed by atoms with van der Waals surface area (Å²) >= 11 is 3.36. The Balaban J connectivity index is 1.62. The first-order chi connectivity index (χ1) is 16.9. The van der Waals surface area contributed by atoms with E-state index in [9.17, 15) is 9.59 Å². The van der Waals surface area contributed by atoms with E-state index in [1.807, 2.05) is 19.1 Å². The number of halogens is 1. The average molecular weight is 541 g/mol. The Morgan fingerprint density at radius 2 is 1.54 bits per heavy atom. The molecule has 0 N–H and O–H groups in total. The summed E-state index contributed by atoms with van der Waals surface area (Å²) in [4.78, 5) is 25.8. The van der Waals surface area contributed by atoms with Crippen LogP contribution < -0.4 is 29.1 Å². The number of ether oxygens (including phenoxy) is 5. The molecule has 0 atom stereocenters. The number of carbonyl (C=O) groups excluding carboxylic acids is 1. The predicted octanol–water partition coefficient (Wildman–Crippen LogP) is 5.90. The zero-order chi connectivity index (χ0) is 25.1. The number of rotatable bonds is 7. The quantitative estimate of drug-likeness (QED) is 0.211. The van der Waals surface area contributed by atoms with Crippen molar-refractivity contribution in [2.24, 2.45) is 0 Å². The van der Waals surface area contributed by atoms with Crippen molar-refractivity contribution in [2.75, 3.05) is 21.3 Å². The van der Waals surface area contributed by atoms with Gasteiger partial charge in [-0.3, -0.25) is 4.79 Å².